The quantitative estimate of drug-likeness (QED) is 0.201. The van der Waals surface area contributed by atoms with E-state index in [0.29, 0.717) is 5.56 Å². The Hall–Kier alpha value is -4.01. The first-order valence-corrected chi connectivity index (χ1v) is 14.8. The predicted molar refractivity (Wildman–Crippen MR) is 152 cm³/mol. The number of hydrogen-bond acceptors (Lipinski definition) is 4. The summed E-state index contributed by atoms with van der Waals surface area (Å²) in [5, 5.41) is 0. The van der Waals surface area contributed by atoms with Crippen LogP contribution in [0.5, 0.6) is 0 Å². The fourth-order valence-electron chi connectivity index (χ4n) is 3.66. The molecule has 0 spiro atoms. The van der Waals surface area contributed by atoms with E-state index in [9.17, 15) is 16.8 Å². The topological polar surface area (TPSA) is 83.9 Å². The lowest BCUT2D eigenvalue weighted by molar-refractivity contribution is 0.519. The number of hydrogen-bond donors (Lipinski definition) is 0. The van der Waals surface area contributed by atoms with Crippen LogP contribution in [0.2, 0.25) is 0 Å². The highest BCUT2D eigenvalue weighted by Gasteiger charge is 2.29. The number of sulfonamides is 2. The Morgan fingerprint density at radius 3 is 1.74 bits per heavy atom. The van der Waals surface area contributed by atoms with Crippen molar-refractivity contribution in [1.82, 2.24) is 4.31 Å². The smallest absolute Gasteiger partial charge is 0.245 e. The molecule has 0 saturated heterocycles. The van der Waals surface area contributed by atoms with Crippen LogP contribution < -0.4 is 0 Å². The zero-order valence-corrected chi connectivity index (χ0v) is 22.7. The second-order valence-corrected chi connectivity index (χ2v) is 12.3. The van der Waals surface area contributed by atoms with Gasteiger partial charge >= 0.3 is 0 Å². The molecule has 0 amide bonds. The largest absolute Gasteiger partial charge is 0.284 e. The molecule has 194 valence electrons. The Kier molecular flexibility index (Phi) is 8.24. The van der Waals surface area contributed by atoms with E-state index in [0.717, 1.165) is 21.0 Å². The zero-order valence-electron chi connectivity index (χ0n) is 21.1. The Balaban J connectivity index is 1.91. The summed E-state index contributed by atoms with van der Waals surface area (Å²) in [6.07, 6.45) is 3.07. The van der Waals surface area contributed by atoms with Crippen LogP contribution in [0.15, 0.2) is 129 Å². The summed E-state index contributed by atoms with van der Waals surface area (Å²) in [7, 11) is -8.43. The lowest BCUT2D eigenvalue weighted by atomic mass is 10.2. The van der Waals surface area contributed by atoms with E-state index < -0.39 is 20.0 Å². The van der Waals surface area contributed by atoms with Crippen molar-refractivity contribution >= 4 is 32.0 Å². The maximum Gasteiger partial charge on any atom is 0.284 e. The van der Waals surface area contributed by atoms with Gasteiger partial charge in [-0.1, -0.05) is 102 Å². The Labute approximate surface area is 224 Å². The second-order valence-electron chi connectivity index (χ2n) is 8.79. The van der Waals surface area contributed by atoms with Crippen molar-refractivity contribution in [2.75, 3.05) is 0 Å². The highest BCUT2D eigenvalue weighted by molar-refractivity contribution is 7.91. The maximum absolute atomic E-state index is 14.0. The molecule has 4 aromatic carbocycles. The van der Waals surface area contributed by atoms with Crippen molar-refractivity contribution in [2.24, 2.45) is 4.40 Å². The van der Waals surface area contributed by atoms with Gasteiger partial charge in [-0.15, -0.1) is 4.40 Å². The van der Waals surface area contributed by atoms with Crippen molar-refractivity contribution in [2.45, 2.75) is 30.2 Å². The van der Waals surface area contributed by atoms with Gasteiger partial charge in [0.05, 0.1) is 16.3 Å². The molecule has 0 atom stereocenters. The highest BCUT2D eigenvalue weighted by atomic mass is 32.2. The van der Waals surface area contributed by atoms with Gasteiger partial charge in [0.15, 0.2) is 5.84 Å². The Morgan fingerprint density at radius 2 is 1.18 bits per heavy atom. The minimum absolute atomic E-state index is 0.0268. The molecule has 4 aromatic rings. The molecule has 0 aliphatic rings. The van der Waals surface area contributed by atoms with Crippen molar-refractivity contribution in [3.05, 3.63) is 138 Å². The van der Waals surface area contributed by atoms with Gasteiger partial charge in [0.2, 0.25) is 0 Å². The molecule has 0 fully saturated rings. The maximum atomic E-state index is 14.0. The van der Waals surface area contributed by atoms with E-state index in [1.807, 2.05) is 50.2 Å². The van der Waals surface area contributed by atoms with Crippen LogP contribution in [0, 0.1) is 13.8 Å². The van der Waals surface area contributed by atoms with Crippen LogP contribution in [0.25, 0.3) is 6.08 Å². The minimum atomic E-state index is -4.24. The molecule has 0 aliphatic carbocycles. The van der Waals surface area contributed by atoms with Crippen LogP contribution in [0.1, 0.15) is 22.3 Å². The second kappa shape index (κ2) is 11.6. The summed E-state index contributed by atoms with van der Waals surface area (Å²) in [6, 6.07) is 30.9. The van der Waals surface area contributed by atoms with Crippen molar-refractivity contribution < 1.29 is 16.8 Å². The first kappa shape index (κ1) is 27.0. The number of amidine groups is 1. The molecule has 0 heterocycles. The molecule has 0 aromatic heterocycles. The average molecular weight is 545 g/mol. The number of rotatable bonds is 8. The van der Waals surface area contributed by atoms with E-state index >= 15 is 0 Å². The molecule has 0 N–H and O–H groups in total. The van der Waals surface area contributed by atoms with Gasteiger partial charge in [0.1, 0.15) is 0 Å². The minimum Gasteiger partial charge on any atom is -0.245 e. The lowest BCUT2D eigenvalue weighted by Crippen LogP contribution is -2.36. The Morgan fingerprint density at radius 1 is 0.684 bits per heavy atom. The molecule has 6 nitrogen and oxygen atoms in total. The van der Waals surface area contributed by atoms with Gasteiger partial charge in [-0.2, -0.15) is 8.42 Å². The first-order valence-electron chi connectivity index (χ1n) is 11.9. The number of aryl methyl sites for hydroxylation is 2. The van der Waals surface area contributed by atoms with E-state index in [4.69, 9.17) is 0 Å². The summed E-state index contributed by atoms with van der Waals surface area (Å²) in [5.74, 6) is -0.223. The third kappa shape index (κ3) is 6.65. The highest BCUT2D eigenvalue weighted by Crippen LogP contribution is 2.23. The zero-order chi connectivity index (χ0) is 27.2. The SMILES string of the molecule is Cc1ccc(S(=O)(=O)/N=C(/C=C/c2ccccc2)N(Cc2ccccc2)S(=O)(=O)c2ccc(C)cc2)cc1. The summed E-state index contributed by atoms with van der Waals surface area (Å²) in [4.78, 5) is 0.00804. The van der Waals surface area contributed by atoms with Crippen LogP contribution in [0.3, 0.4) is 0 Å². The summed E-state index contributed by atoms with van der Waals surface area (Å²) in [5.41, 5.74) is 3.24. The van der Waals surface area contributed by atoms with Crippen molar-refractivity contribution in [1.29, 1.82) is 0 Å². The fourth-order valence-corrected chi connectivity index (χ4v) is 6.10. The molecule has 0 radical (unpaired) electrons. The molecule has 0 bridgehead atoms. The van der Waals surface area contributed by atoms with E-state index in [-0.39, 0.29) is 22.2 Å². The van der Waals surface area contributed by atoms with Gasteiger partial charge in [-0.3, -0.25) is 0 Å². The van der Waals surface area contributed by atoms with E-state index in [1.54, 1.807) is 54.6 Å². The predicted octanol–water partition coefficient (Wildman–Crippen LogP) is 6.00. The normalized spacial score (nSPS) is 12.5. The standard InChI is InChI=1S/C30H28N2O4S2/c1-24-13-18-28(19-14-24)37(33,34)31-30(22-17-26-9-5-3-6-10-26)32(23-27-11-7-4-8-12-27)38(35,36)29-20-15-25(2)16-21-29/h3-22H,23H2,1-2H3/b22-17+,31-30-. The van der Waals surface area contributed by atoms with Crippen LogP contribution in [-0.2, 0) is 26.6 Å². The third-order valence-electron chi connectivity index (χ3n) is 5.79. The molecular formula is C30H28N2O4S2. The van der Waals surface area contributed by atoms with E-state index in [2.05, 4.69) is 4.40 Å². The van der Waals surface area contributed by atoms with Gasteiger partial charge in [-0.05, 0) is 55.3 Å². The molecule has 0 aliphatic heterocycles. The number of nitrogens with zero attached hydrogens (tertiary/aromatic N) is 2. The summed E-state index contributed by atoms with van der Waals surface area (Å²) < 4.78 is 59.9. The van der Waals surface area contributed by atoms with Crippen LogP contribution in [-0.4, -0.2) is 27.0 Å². The van der Waals surface area contributed by atoms with E-state index in [1.165, 1.54) is 30.3 Å². The molecule has 38 heavy (non-hydrogen) atoms. The van der Waals surface area contributed by atoms with Gasteiger partial charge in [0.25, 0.3) is 20.0 Å². The van der Waals surface area contributed by atoms with Crippen molar-refractivity contribution in [3.63, 3.8) is 0 Å². The summed E-state index contributed by atoms with van der Waals surface area (Å²) in [6.45, 7) is 3.60. The Bertz CT molecular complexity index is 1650. The third-order valence-corrected chi connectivity index (χ3v) is 8.85. The van der Waals surface area contributed by atoms with Gasteiger partial charge in [-0.25, -0.2) is 12.7 Å². The van der Waals surface area contributed by atoms with Crippen molar-refractivity contribution in [3.8, 4) is 0 Å². The van der Waals surface area contributed by atoms with Crippen LogP contribution in [0.4, 0.5) is 0 Å². The fraction of sp³-hybridized carbons (Fsp3) is 0.100. The summed E-state index contributed by atoms with van der Waals surface area (Å²) >= 11 is 0. The molecule has 8 heteroatoms. The lowest BCUT2D eigenvalue weighted by Gasteiger charge is -2.24. The molecule has 4 rings (SSSR count). The monoisotopic (exact) mass is 544 g/mol. The van der Waals surface area contributed by atoms with Gasteiger partial charge in [0, 0.05) is 0 Å². The molecular weight excluding hydrogens is 516 g/mol. The average Bonchev–Trinajstić information content (AvgIpc) is 2.91. The molecule has 0 saturated carbocycles. The molecule has 0 unspecified atom stereocenters. The van der Waals surface area contributed by atoms with Crippen LogP contribution >= 0.6 is 0 Å². The van der Waals surface area contributed by atoms with Gasteiger partial charge < -0.3 is 0 Å². The number of benzene rings is 4. The first-order chi connectivity index (χ1) is 18.1.